The van der Waals surface area contributed by atoms with Crippen molar-refractivity contribution >= 4 is 11.5 Å². The lowest BCUT2D eigenvalue weighted by Crippen LogP contribution is -2.02. The summed E-state index contributed by atoms with van der Waals surface area (Å²) in [6.45, 7) is 0. The number of aromatic carboxylic acids is 1. The molecule has 1 N–H and O–H groups in total. The number of nitrogens with zero attached hydrogens (tertiary/aromatic N) is 2. The summed E-state index contributed by atoms with van der Waals surface area (Å²) in [5.41, 5.74) is 2.10. The van der Waals surface area contributed by atoms with E-state index in [9.17, 15) is 9.90 Å². The van der Waals surface area contributed by atoms with E-state index in [0.717, 1.165) is 11.1 Å². The maximum atomic E-state index is 11.3. The van der Waals surface area contributed by atoms with Crippen molar-refractivity contribution in [1.29, 1.82) is 0 Å². The minimum absolute atomic E-state index is 0.0125. The van der Waals surface area contributed by atoms with Crippen LogP contribution in [0.3, 0.4) is 0 Å². The second-order valence-corrected chi connectivity index (χ2v) is 4.25. The number of imidazole rings is 1. The van der Waals surface area contributed by atoms with Gasteiger partial charge in [0, 0.05) is 11.8 Å². The summed E-state index contributed by atoms with van der Waals surface area (Å²) in [7, 11) is 1.58. The van der Waals surface area contributed by atoms with Gasteiger partial charge in [-0.15, -0.1) is 0 Å². The highest BCUT2D eigenvalue weighted by Crippen LogP contribution is 2.32. The molecular formula is C15H12N2O3. The molecule has 1 aromatic carbocycles. The van der Waals surface area contributed by atoms with Gasteiger partial charge in [0.1, 0.15) is 11.4 Å². The minimum atomic E-state index is -1.06. The third-order valence-corrected chi connectivity index (χ3v) is 3.10. The maximum Gasteiger partial charge on any atom is 0.372 e. The van der Waals surface area contributed by atoms with Crippen LogP contribution in [0.1, 0.15) is 10.6 Å². The molecule has 0 amide bonds. The van der Waals surface area contributed by atoms with Crippen LogP contribution < -0.4 is 4.74 Å². The molecule has 2 heterocycles. The van der Waals surface area contributed by atoms with E-state index in [4.69, 9.17) is 4.74 Å². The predicted octanol–water partition coefficient (Wildman–Crippen LogP) is 2.71. The Kier molecular flexibility index (Phi) is 2.87. The van der Waals surface area contributed by atoms with Crippen molar-refractivity contribution < 1.29 is 14.6 Å². The Morgan fingerprint density at radius 1 is 1.20 bits per heavy atom. The van der Waals surface area contributed by atoms with Crippen LogP contribution in [0.25, 0.3) is 16.8 Å². The van der Waals surface area contributed by atoms with Gasteiger partial charge in [-0.3, -0.25) is 4.40 Å². The van der Waals surface area contributed by atoms with E-state index in [1.807, 2.05) is 36.4 Å². The third-order valence-electron chi connectivity index (χ3n) is 3.10. The van der Waals surface area contributed by atoms with E-state index in [2.05, 4.69) is 4.98 Å². The van der Waals surface area contributed by atoms with E-state index in [1.165, 1.54) is 0 Å². The smallest absolute Gasteiger partial charge is 0.372 e. The molecule has 0 saturated heterocycles. The lowest BCUT2D eigenvalue weighted by Gasteiger charge is -2.05. The van der Waals surface area contributed by atoms with E-state index in [-0.39, 0.29) is 5.82 Å². The molecule has 0 aliphatic rings. The molecule has 0 aliphatic carbocycles. The average molecular weight is 268 g/mol. The third kappa shape index (κ3) is 1.80. The fourth-order valence-corrected chi connectivity index (χ4v) is 2.23. The van der Waals surface area contributed by atoms with Crippen LogP contribution in [0.5, 0.6) is 5.75 Å². The van der Waals surface area contributed by atoms with Crippen LogP contribution in [0, 0.1) is 0 Å². The molecule has 0 saturated carbocycles. The number of methoxy groups -OCH3 is 1. The lowest BCUT2D eigenvalue weighted by molar-refractivity contribution is 0.0683. The number of carboxylic acids is 1. The highest BCUT2D eigenvalue weighted by molar-refractivity contribution is 5.90. The number of hydrogen-bond acceptors (Lipinski definition) is 3. The first-order valence-electron chi connectivity index (χ1n) is 6.06. The Morgan fingerprint density at radius 3 is 2.70 bits per heavy atom. The standard InChI is InChI=1S/C15H12N2O3/c1-20-12-8-3-2-6-10(12)13-11-7-4-5-9-17(11)14(16-13)15(18)19/h2-9H,1H3,(H,18,19). The summed E-state index contributed by atoms with van der Waals surface area (Å²) in [4.78, 5) is 15.6. The molecule has 20 heavy (non-hydrogen) atoms. The van der Waals surface area contributed by atoms with Gasteiger partial charge in [0.15, 0.2) is 0 Å². The first-order valence-corrected chi connectivity index (χ1v) is 6.06. The summed E-state index contributed by atoms with van der Waals surface area (Å²) in [6, 6.07) is 12.9. The van der Waals surface area contributed by atoms with Crippen LogP contribution in [0.2, 0.25) is 0 Å². The number of hydrogen-bond donors (Lipinski definition) is 1. The Bertz CT molecular complexity index is 793. The van der Waals surface area contributed by atoms with Gasteiger partial charge in [-0.25, -0.2) is 9.78 Å². The molecule has 100 valence electrons. The van der Waals surface area contributed by atoms with E-state index >= 15 is 0 Å². The summed E-state index contributed by atoms with van der Waals surface area (Å²) in [5.74, 6) is -0.415. The van der Waals surface area contributed by atoms with Crippen molar-refractivity contribution in [3.63, 3.8) is 0 Å². The van der Waals surface area contributed by atoms with Crippen LogP contribution in [0.4, 0.5) is 0 Å². The van der Waals surface area contributed by atoms with Crippen LogP contribution >= 0.6 is 0 Å². The lowest BCUT2D eigenvalue weighted by atomic mass is 10.1. The molecular weight excluding hydrogens is 256 g/mol. The number of pyridine rings is 1. The molecule has 5 nitrogen and oxygen atoms in total. The highest BCUT2D eigenvalue weighted by atomic mass is 16.5. The first kappa shape index (κ1) is 12.2. The van der Waals surface area contributed by atoms with E-state index in [1.54, 1.807) is 23.8 Å². The fourth-order valence-electron chi connectivity index (χ4n) is 2.23. The van der Waals surface area contributed by atoms with Crippen LogP contribution in [0.15, 0.2) is 48.7 Å². The number of ether oxygens (including phenoxy) is 1. The molecule has 0 unspecified atom stereocenters. The molecule has 0 radical (unpaired) electrons. The normalized spacial score (nSPS) is 10.7. The molecule has 0 spiro atoms. The van der Waals surface area contributed by atoms with Gasteiger partial charge < -0.3 is 9.84 Å². The number of para-hydroxylation sites is 1. The summed E-state index contributed by atoms with van der Waals surface area (Å²) >= 11 is 0. The van der Waals surface area contributed by atoms with E-state index in [0.29, 0.717) is 11.4 Å². The topological polar surface area (TPSA) is 63.8 Å². The van der Waals surface area contributed by atoms with Crippen LogP contribution in [-0.4, -0.2) is 27.6 Å². The molecule has 3 rings (SSSR count). The first-order chi connectivity index (χ1) is 9.72. The molecule has 0 aliphatic heterocycles. The van der Waals surface area contributed by atoms with Crippen LogP contribution in [-0.2, 0) is 0 Å². The zero-order chi connectivity index (χ0) is 14.1. The van der Waals surface area contributed by atoms with Crippen molar-refractivity contribution in [2.75, 3.05) is 7.11 Å². The maximum absolute atomic E-state index is 11.3. The molecule has 5 heteroatoms. The van der Waals surface area contributed by atoms with Gasteiger partial charge in [0.05, 0.1) is 12.6 Å². The predicted molar refractivity (Wildman–Crippen MR) is 74.1 cm³/mol. The number of benzene rings is 1. The van der Waals surface area contributed by atoms with E-state index < -0.39 is 5.97 Å². The Morgan fingerprint density at radius 2 is 1.95 bits per heavy atom. The molecule has 2 aromatic heterocycles. The van der Waals surface area contributed by atoms with Crippen molar-refractivity contribution in [1.82, 2.24) is 9.38 Å². The average Bonchev–Trinajstić information content (AvgIpc) is 2.87. The number of rotatable bonds is 3. The molecule has 0 atom stereocenters. The van der Waals surface area contributed by atoms with Gasteiger partial charge in [-0.2, -0.15) is 0 Å². The van der Waals surface area contributed by atoms with Gasteiger partial charge in [-0.05, 0) is 24.3 Å². The number of fused-ring (bicyclic) bond motifs is 1. The molecule has 0 bridgehead atoms. The van der Waals surface area contributed by atoms with Gasteiger partial charge in [0.25, 0.3) is 0 Å². The number of carboxylic acid groups (broad SMARTS) is 1. The Labute approximate surface area is 115 Å². The second kappa shape index (κ2) is 4.70. The van der Waals surface area contributed by atoms with Crippen molar-refractivity contribution in [2.45, 2.75) is 0 Å². The summed E-state index contributed by atoms with van der Waals surface area (Å²) < 4.78 is 6.88. The Hall–Kier alpha value is -2.82. The number of carbonyl (C=O) groups is 1. The zero-order valence-corrected chi connectivity index (χ0v) is 10.8. The zero-order valence-electron chi connectivity index (χ0n) is 10.8. The van der Waals surface area contributed by atoms with Crippen molar-refractivity contribution in [3.05, 3.63) is 54.5 Å². The molecule has 3 aromatic rings. The SMILES string of the molecule is COc1ccccc1-c1nc(C(=O)O)n2ccccc12. The summed E-state index contributed by atoms with van der Waals surface area (Å²) in [6.07, 6.45) is 1.69. The van der Waals surface area contributed by atoms with Gasteiger partial charge in [-0.1, -0.05) is 18.2 Å². The summed E-state index contributed by atoms with van der Waals surface area (Å²) in [5, 5.41) is 9.25. The molecule has 0 fully saturated rings. The second-order valence-electron chi connectivity index (χ2n) is 4.25. The van der Waals surface area contributed by atoms with Gasteiger partial charge >= 0.3 is 5.97 Å². The fraction of sp³-hybridized carbons (Fsp3) is 0.0667. The highest BCUT2D eigenvalue weighted by Gasteiger charge is 2.18. The van der Waals surface area contributed by atoms with Crippen molar-refractivity contribution in [3.8, 4) is 17.0 Å². The Balaban J connectivity index is 2.34. The number of aromatic nitrogens is 2. The largest absolute Gasteiger partial charge is 0.496 e. The van der Waals surface area contributed by atoms with Crippen molar-refractivity contribution in [2.24, 2.45) is 0 Å². The monoisotopic (exact) mass is 268 g/mol. The minimum Gasteiger partial charge on any atom is -0.496 e. The quantitative estimate of drug-likeness (QED) is 0.793. The van der Waals surface area contributed by atoms with Gasteiger partial charge in [0.2, 0.25) is 5.82 Å².